The lowest BCUT2D eigenvalue weighted by atomic mass is 10.4. The second-order valence-corrected chi connectivity index (χ2v) is 3.56. The minimum absolute atomic E-state index is 0.0520. The van der Waals surface area contributed by atoms with E-state index in [0.717, 1.165) is 6.20 Å². The van der Waals surface area contributed by atoms with Crippen LogP contribution in [0.15, 0.2) is 18.6 Å². The minimum atomic E-state index is -0.575. The average Bonchev–Trinajstić information content (AvgIpc) is 2.82. The van der Waals surface area contributed by atoms with Crippen LogP contribution in [0.2, 0.25) is 5.28 Å². The second-order valence-electron chi connectivity index (χ2n) is 3.22. The summed E-state index contributed by atoms with van der Waals surface area (Å²) in [5.41, 5.74) is -0.224. The van der Waals surface area contributed by atoms with E-state index in [4.69, 9.17) is 11.6 Å². The molecule has 0 atom stereocenters. The van der Waals surface area contributed by atoms with E-state index in [2.05, 4.69) is 25.6 Å². The molecule has 0 saturated heterocycles. The number of halogens is 1. The number of anilines is 1. The van der Waals surface area contributed by atoms with Crippen LogP contribution in [-0.2, 0) is 6.54 Å². The Balaban J connectivity index is 2.03. The number of nitro groups is 1. The molecule has 0 spiro atoms. The van der Waals surface area contributed by atoms with Crippen molar-refractivity contribution in [3.8, 4) is 0 Å². The predicted molar refractivity (Wildman–Crippen MR) is 62.2 cm³/mol. The molecule has 0 radical (unpaired) electrons. The smallest absolute Gasteiger partial charge is 0.329 e. The van der Waals surface area contributed by atoms with Gasteiger partial charge in [0.1, 0.15) is 6.20 Å². The van der Waals surface area contributed by atoms with Crippen molar-refractivity contribution in [3.63, 3.8) is 0 Å². The summed E-state index contributed by atoms with van der Waals surface area (Å²) < 4.78 is 1.58. The highest BCUT2D eigenvalue weighted by Gasteiger charge is 2.16. The molecule has 0 amide bonds. The fourth-order valence-corrected chi connectivity index (χ4v) is 1.39. The molecule has 0 aliphatic heterocycles. The van der Waals surface area contributed by atoms with Crippen molar-refractivity contribution in [3.05, 3.63) is 34.0 Å². The van der Waals surface area contributed by atoms with Crippen LogP contribution >= 0.6 is 11.6 Å². The predicted octanol–water partition coefficient (Wildman–Crippen LogP) is 0.742. The van der Waals surface area contributed by atoms with E-state index in [1.807, 2.05) is 0 Å². The summed E-state index contributed by atoms with van der Waals surface area (Å²) in [6.45, 7) is 0.899. The molecule has 18 heavy (non-hydrogen) atoms. The van der Waals surface area contributed by atoms with Gasteiger partial charge in [0.2, 0.25) is 11.1 Å². The molecule has 0 bridgehead atoms. The maximum absolute atomic E-state index is 10.7. The number of hydrogen-bond donors (Lipinski definition) is 1. The van der Waals surface area contributed by atoms with Crippen LogP contribution in [0.5, 0.6) is 0 Å². The molecular weight excluding hydrogens is 262 g/mol. The zero-order valence-electron chi connectivity index (χ0n) is 9.02. The van der Waals surface area contributed by atoms with Gasteiger partial charge in [-0.1, -0.05) is 5.21 Å². The van der Waals surface area contributed by atoms with Gasteiger partial charge in [-0.25, -0.2) is 4.98 Å². The van der Waals surface area contributed by atoms with Gasteiger partial charge < -0.3 is 5.32 Å². The van der Waals surface area contributed by atoms with Gasteiger partial charge in [0.15, 0.2) is 0 Å². The van der Waals surface area contributed by atoms with E-state index in [9.17, 15) is 10.1 Å². The number of hydrogen-bond acceptors (Lipinski definition) is 7. The molecular formula is C8H8ClN7O2. The molecule has 2 rings (SSSR count). The summed E-state index contributed by atoms with van der Waals surface area (Å²) >= 11 is 5.59. The Morgan fingerprint density at radius 1 is 1.56 bits per heavy atom. The number of nitrogens with one attached hydrogen (secondary N) is 1. The van der Waals surface area contributed by atoms with Crippen LogP contribution < -0.4 is 5.32 Å². The van der Waals surface area contributed by atoms with Gasteiger partial charge >= 0.3 is 5.69 Å². The fourth-order valence-electron chi connectivity index (χ4n) is 1.26. The molecule has 0 fully saturated rings. The molecule has 0 aliphatic carbocycles. The Kier molecular flexibility index (Phi) is 3.63. The maximum Gasteiger partial charge on any atom is 0.329 e. The Morgan fingerprint density at radius 3 is 3.06 bits per heavy atom. The third kappa shape index (κ3) is 2.88. The largest absolute Gasteiger partial charge is 0.362 e. The standard InChI is InChI=1S/C8H8ClN7O2/c9-8-11-5-6(16(17)18)7(13-8)10-1-3-15-4-2-12-14-15/h2,4-5H,1,3H2,(H,10,11,13). The lowest BCUT2D eigenvalue weighted by Crippen LogP contribution is -2.13. The Labute approximate surface area is 106 Å². The summed E-state index contributed by atoms with van der Waals surface area (Å²) in [7, 11) is 0. The summed E-state index contributed by atoms with van der Waals surface area (Å²) in [5.74, 6) is 0.0834. The third-order valence-corrected chi connectivity index (χ3v) is 2.22. The molecule has 0 saturated carbocycles. The first-order valence-electron chi connectivity index (χ1n) is 4.91. The molecule has 2 aromatic rings. The molecule has 1 N–H and O–H groups in total. The van der Waals surface area contributed by atoms with Crippen LogP contribution in [0.1, 0.15) is 0 Å². The molecule has 9 nitrogen and oxygen atoms in total. The van der Waals surface area contributed by atoms with Gasteiger partial charge in [-0.3, -0.25) is 14.8 Å². The first-order valence-corrected chi connectivity index (χ1v) is 5.29. The Bertz CT molecular complexity index is 544. The highest BCUT2D eigenvalue weighted by atomic mass is 35.5. The van der Waals surface area contributed by atoms with Crippen LogP contribution in [0.25, 0.3) is 0 Å². The van der Waals surface area contributed by atoms with Gasteiger partial charge in [-0.05, 0) is 11.6 Å². The van der Waals surface area contributed by atoms with Crippen molar-refractivity contribution < 1.29 is 4.92 Å². The fraction of sp³-hybridized carbons (Fsp3) is 0.250. The van der Waals surface area contributed by atoms with Gasteiger partial charge in [0, 0.05) is 12.7 Å². The minimum Gasteiger partial charge on any atom is -0.362 e. The normalized spacial score (nSPS) is 10.3. The molecule has 10 heteroatoms. The van der Waals surface area contributed by atoms with E-state index in [1.165, 1.54) is 0 Å². The Hall–Kier alpha value is -2.29. The molecule has 0 aromatic carbocycles. The summed E-state index contributed by atoms with van der Waals surface area (Å²) in [6.07, 6.45) is 4.29. The van der Waals surface area contributed by atoms with E-state index in [-0.39, 0.29) is 16.8 Å². The van der Waals surface area contributed by atoms with Crippen molar-refractivity contribution >= 4 is 23.1 Å². The molecule has 0 unspecified atom stereocenters. The zero-order valence-corrected chi connectivity index (χ0v) is 9.78. The molecule has 0 aliphatic rings. The molecule has 2 aromatic heterocycles. The van der Waals surface area contributed by atoms with E-state index >= 15 is 0 Å². The first-order chi connectivity index (χ1) is 8.66. The van der Waals surface area contributed by atoms with Gasteiger partial charge in [0.25, 0.3) is 0 Å². The average molecular weight is 270 g/mol. The lowest BCUT2D eigenvalue weighted by Gasteiger charge is -2.05. The van der Waals surface area contributed by atoms with Crippen molar-refractivity contribution in [2.45, 2.75) is 6.54 Å². The van der Waals surface area contributed by atoms with Crippen molar-refractivity contribution in [2.75, 3.05) is 11.9 Å². The van der Waals surface area contributed by atoms with Crippen LogP contribution in [0, 0.1) is 10.1 Å². The third-order valence-electron chi connectivity index (χ3n) is 2.04. The highest BCUT2D eigenvalue weighted by Crippen LogP contribution is 2.21. The number of nitrogens with zero attached hydrogens (tertiary/aromatic N) is 6. The van der Waals surface area contributed by atoms with Gasteiger partial charge in [-0.15, -0.1) is 5.10 Å². The SMILES string of the molecule is O=[N+]([O-])c1cnc(Cl)nc1NCCn1ccnn1. The number of aromatic nitrogens is 5. The van der Waals surface area contributed by atoms with Crippen LogP contribution in [0.3, 0.4) is 0 Å². The quantitative estimate of drug-likeness (QED) is 0.484. The zero-order chi connectivity index (χ0) is 13.0. The maximum atomic E-state index is 10.7. The van der Waals surface area contributed by atoms with E-state index in [0.29, 0.717) is 13.1 Å². The Morgan fingerprint density at radius 2 is 2.39 bits per heavy atom. The van der Waals surface area contributed by atoms with Crippen LogP contribution in [0.4, 0.5) is 11.5 Å². The highest BCUT2D eigenvalue weighted by molar-refractivity contribution is 6.28. The summed E-state index contributed by atoms with van der Waals surface area (Å²) in [5, 5.41) is 20.9. The van der Waals surface area contributed by atoms with Gasteiger partial charge in [-0.2, -0.15) is 4.98 Å². The second kappa shape index (κ2) is 5.36. The monoisotopic (exact) mass is 269 g/mol. The van der Waals surface area contributed by atoms with E-state index in [1.54, 1.807) is 17.1 Å². The summed E-state index contributed by atoms with van der Waals surface area (Å²) in [6, 6.07) is 0. The van der Waals surface area contributed by atoms with Crippen LogP contribution in [-0.4, -0.2) is 36.4 Å². The van der Waals surface area contributed by atoms with E-state index < -0.39 is 4.92 Å². The number of rotatable bonds is 5. The van der Waals surface area contributed by atoms with Gasteiger partial charge in [0.05, 0.1) is 17.7 Å². The first kappa shape index (κ1) is 12.2. The molecule has 2 heterocycles. The van der Waals surface area contributed by atoms with Crippen molar-refractivity contribution in [2.24, 2.45) is 0 Å². The van der Waals surface area contributed by atoms with Crippen molar-refractivity contribution in [1.29, 1.82) is 0 Å². The lowest BCUT2D eigenvalue weighted by molar-refractivity contribution is -0.384. The van der Waals surface area contributed by atoms with Crippen molar-refractivity contribution in [1.82, 2.24) is 25.0 Å². The molecule has 94 valence electrons. The summed E-state index contributed by atoms with van der Waals surface area (Å²) in [4.78, 5) is 17.5. The topological polar surface area (TPSA) is 112 Å².